The molecule has 3 rings (SSSR count). The molecular formula is C37H65N5O12. The predicted octanol–water partition coefficient (Wildman–Crippen LogP) is 0.711. The molecule has 2 heterocycles. The van der Waals surface area contributed by atoms with Crippen molar-refractivity contribution in [2.45, 2.75) is 147 Å². The summed E-state index contributed by atoms with van der Waals surface area (Å²) in [6, 6.07) is -2.76. The van der Waals surface area contributed by atoms with Gasteiger partial charge in [-0.25, -0.2) is 0 Å². The fourth-order valence-corrected chi connectivity index (χ4v) is 7.99. The highest BCUT2D eigenvalue weighted by Gasteiger charge is 2.57. The Morgan fingerprint density at radius 3 is 1.52 bits per heavy atom. The molecule has 3 fully saturated rings. The van der Waals surface area contributed by atoms with Crippen LogP contribution >= 0.6 is 0 Å². The third-order valence-corrected chi connectivity index (χ3v) is 12.1. The summed E-state index contributed by atoms with van der Waals surface area (Å²) in [6.45, 7) is 11.1. The third-order valence-electron chi connectivity index (χ3n) is 12.1. The van der Waals surface area contributed by atoms with Crippen molar-refractivity contribution >= 4 is 29.5 Å². The smallest absolute Gasteiger partial charge is 0.219 e. The fraction of sp³-hybridized carbons (Fsp3) is 0.865. The molecule has 0 N–H and O–H groups in total. The number of nitrogens with zero attached hydrogens (tertiary/aromatic N) is 5. The van der Waals surface area contributed by atoms with Crippen LogP contribution in [0.15, 0.2) is 0 Å². The minimum atomic E-state index is -1.06. The highest BCUT2D eigenvalue weighted by Crippen LogP contribution is 2.39. The van der Waals surface area contributed by atoms with Gasteiger partial charge in [0.15, 0.2) is 12.6 Å². The first-order valence-corrected chi connectivity index (χ1v) is 18.5. The largest absolute Gasteiger partial charge is 0.376 e. The molecular weight excluding hydrogens is 706 g/mol. The zero-order chi connectivity index (χ0) is 41.0. The second kappa shape index (κ2) is 18.8. The number of hydrogen-bond acceptors (Lipinski definition) is 12. The average molecular weight is 772 g/mol. The van der Waals surface area contributed by atoms with Gasteiger partial charge in [-0.3, -0.25) is 24.0 Å². The summed E-state index contributed by atoms with van der Waals surface area (Å²) in [6.07, 6.45) is -4.82. The molecule has 2 saturated heterocycles. The van der Waals surface area contributed by atoms with Gasteiger partial charge in [0.1, 0.15) is 30.0 Å². The average Bonchev–Trinajstić information content (AvgIpc) is 3.13. The Morgan fingerprint density at radius 2 is 1.09 bits per heavy atom. The molecule has 1 saturated carbocycles. The van der Waals surface area contributed by atoms with Gasteiger partial charge < -0.3 is 57.7 Å². The molecule has 0 bridgehead atoms. The molecule has 0 radical (unpaired) electrons. The van der Waals surface area contributed by atoms with Gasteiger partial charge in [0.05, 0.1) is 42.9 Å². The molecule has 0 aromatic heterocycles. The van der Waals surface area contributed by atoms with Gasteiger partial charge in [0, 0.05) is 91.2 Å². The van der Waals surface area contributed by atoms with Gasteiger partial charge in [-0.15, -0.1) is 0 Å². The number of carbonyl (C=O) groups is 5. The van der Waals surface area contributed by atoms with Gasteiger partial charge >= 0.3 is 0 Å². The van der Waals surface area contributed by atoms with Gasteiger partial charge in [0.2, 0.25) is 29.5 Å². The lowest BCUT2D eigenvalue weighted by atomic mass is 9.81. The summed E-state index contributed by atoms with van der Waals surface area (Å²) >= 11 is 0. The number of methoxy groups -OCH3 is 3. The van der Waals surface area contributed by atoms with Crippen molar-refractivity contribution in [1.82, 2.24) is 24.5 Å². The van der Waals surface area contributed by atoms with Crippen LogP contribution in [0.5, 0.6) is 0 Å². The number of rotatable bonds is 13. The van der Waals surface area contributed by atoms with E-state index in [1.54, 1.807) is 66.8 Å². The van der Waals surface area contributed by atoms with E-state index in [-0.39, 0.29) is 48.6 Å². The van der Waals surface area contributed by atoms with Gasteiger partial charge in [-0.2, -0.15) is 0 Å². The second-order valence-corrected chi connectivity index (χ2v) is 15.2. The van der Waals surface area contributed by atoms with Crippen molar-refractivity contribution in [3.8, 4) is 0 Å². The Morgan fingerprint density at radius 1 is 0.630 bits per heavy atom. The van der Waals surface area contributed by atoms with Crippen LogP contribution in [-0.4, -0.2) is 196 Å². The quantitative estimate of drug-likeness (QED) is 0.258. The Balaban J connectivity index is 2.16. The van der Waals surface area contributed by atoms with Crippen molar-refractivity contribution in [2.24, 2.45) is 0 Å². The summed E-state index contributed by atoms with van der Waals surface area (Å²) in [5, 5.41) is 0. The van der Waals surface area contributed by atoms with Gasteiger partial charge in [-0.05, 0) is 33.1 Å². The fourth-order valence-electron chi connectivity index (χ4n) is 7.99. The Bertz CT molecular complexity index is 1340. The van der Waals surface area contributed by atoms with Crippen molar-refractivity contribution < 1.29 is 57.1 Å². The zero-order valence-corrected chi connectivity index (χ0v) is 34.9. The van der Waals surface area contributed by atoms with Crippen LogP contribution in [-0.2, 0) is 57.1 Å². The predicted molar refractivity (Wildman–Crippen MR) is 196 cm³/mol. The molecule has 0 spiro atoms. The van der Waals surface area contributed by atoms with Gasteiger partial charge in [-0.1, -0.05) is 0 Å². The van der Waals surface area contributed by atoms with E-state index >= 15 is 0 Å². The van der Waals surface area contributed by atoms with Crippen LogP contribution < -0.4 is 0 Å². The molecule has 2 aliphatic heterocycles. The molecule has 17 heteroatoms. The number of amides is 5. The normalized spacial score (nSPS) is 34.7. The summed E-state index contributed by atoms with van der Waals surface area (Å²) in [7, 11) is 12.9. The van der Waals surface area contributed by atoms with E-state index in [1.807, 2.05) is 13.8 Å². The first-order chi connectivity index (χ1) is 25.2. The molecule has 310 valence electrons. The Labute approximate surface area is 320 Å². The first kappa shape index (κ1) is 45.5. The minimum Gasteiger partial charge on any atom is -0.376 e. The highest BCUT2D eigenvalue weighted by molar-refractivity contribution is 5.75. The van der Waals surface area contributed by atoms with E-state index in [4.69, 9.17) is 33.2 Å². The third kappa shape index (κ3) is 9.53. The first-order valence-electron chi connectivity index (χ1n) is 18.5. The van der Waals surface area contributed by atoms with Crippen LogP contribution in [0, 0.1) is 0 Å². The molecule has 3 aliphatic rings. The van der Waals surface area contributed by atoms with E-state index in [2.05, 4.69) is 0 Å². The van der Waals surface area contributed by atoms with Crippen LogP contribution in [0.3, 0.4) is 0 Å². The Hall–Kier alpha value is -2.93. The number of ether oxygens (including phenoxy) is 7. The van der Waals surface area contributed by atoms with E-state index < -0.39 is 72.9 Å². The standard InChI is InChI=1S/C37H65N5O12/c1-20(38(8)21(2)43)29-17-16-26(39(9)22(3)44)35(52-29)53-30-27(40(10)23(4)45)18-28(41(11)24(5)46)31(32(30)48-13)54-36-33(49-14)34(42(12)25(6)47)37(7,50-15)19-51-36/h20,26-36H,16-19H2,1-15H3. The van der Waals surface area contributed by atoms with E-state index in [0.717, 1.165) is 0 Å². The number of carbonyl (C=O) groups excluding carboxylic acids is 5. The molecule has 1 aliphatic carbocycles. The van der Waals surface area contributed by atoms with Crippen molar-refractivity contribution in [3.63, 3.8) is 0 Å². The monoisotopic (exact) mass is 771 g/mol. The van der Waals surface area contributed by atoms with E-state index in [0.29, 0.717) is 12.8 Å². The van der Waals surface area contributed by atoms with E-state index in [1.165, 1.54) is 48.8 Å². The van der Waals surface area contributed by atoms with Crippen molar-refractivity contribution in [2.75, 3.05) is 63.2 Å². The molecule has 54 heavy (non-hydrogen) atoms. The molecule has 5 amide bonds. The van der Waals surface area contributed by atoms with Crippen molar-refractivity contribution in [1.29, 1.82) is 0 Å². The molecule has 0 aromatic rings. The van der Waals surface area contributed by atoms with Crippen LogP contribution in [0.2, 0.25) is 0 Å². The molecule has 13 unspecified atom stereocenters. The zero-order valence-electron chi connectivity index (χ0n) is 34.9. The molecule has 17 nitrogen and oxygen atoms in total. The van der Waals surface area contributed by atoms with Crippen LogP contribution in [0.4, 0.5) is 0 Å². The van der Waals surface area contributed by atoms with Gasteiger partial charge in [0.25, 0.3) is 0 Å². The van der Waals surface area contributed by atoms with Crippen molar-refractivity contribution in [3.05, 3.63) is 0 Å². The minimum absolute atomic E-state index is 0.0484. The molecule has 0 aromatic carbocycles. The maximum absolute atomic E-state index is 13.1. The maximum atomic E-state index is 13.1. The lowest BCUT2D eigenvalue weighted by molar-refractivity contribution is -0.328. The second-order valence-electron chi connectivity index (χ2n) is 15.2. The summed E-state index contributed by atoms with van der Waals surface area (Å²) in [5.74, 6) is -1.01. The SMILES string of the molecule is COC1C(OC2OCC(C)(OC)C(N(C)C(C)=O)C2OC)C(N(C)C(C)=O)CC(N(C)C(C)=O)C1OC1OC(C(C)N(C)C(C)=O)CCC1N(C)C(C)=O. The topological polar surface area (TPSA) is 166 Å². The summed E-state index contributed by atoms with van der Waals surface area (Å²) < 4.78 is 44.9. The highest BCUT2D eigenvalue weighted by atomic mass is 16.7. The van der Waals surface area contributed by atoms with Crippen LogP contribution in [0.25, 0.3) is 0 Å². The number of hydrogen-bond donors (Lipinski definition) is 0. The van der Waals surface area contributed by atoms with Crippen LogP contribution in [0.1, 0.15) is 67.7 Å². The van der Waals surface area contributed by atoms with E-state index in [9.17, 15) is 24.0 Å². The lowest BCUT2D eigenvalue weighted by Gasteiger charge is -2.54. The lowest BCUT2D eigenvalue weighted by Crippen LogP contribution is -2.71. The summed E-state index contributed by atoms with van der Waals surface area (Å²) in [5.41, 5.74) is -0.953. The maximum Gasteiger partial charge on any atom is 0.219 e. The summed E-state index contributed by atoms with van der Waals surface area (Å²) in [4.78, 5) is 71.7. The number of likely N-dealkylation sites (N-methyl/N-ethyl adjacent to an activating group) is 5. The molecule has 13 atom stereocenters. The Kier molecular flexibility index (Phi) is 15.8.